The first kappa shape index (κ1) is 20.4. The van der Waals surface area contributed by atoms with Gasteiger partial charge in [0.05, 0.1) is 24.1 Å². The Bertz CT molecular complexity index is 1390. The normalized spacial score (nSPS) is 15.3. The zero-order valence-electron chi connectivity index (χ0n) is 17.9. The van der Waals surface area contributed by atoms with Gasteiger partial charge in [-0.15, -0.1) is 11.8 Å². The molecule has 4 aromatic rings. The zero-order chi connectivity index (χ0) is 22.4. The molecule has 160 valence electrons. The van der Waals surface area contributed by atoms with Crippen molar-refractivity contribution in [1.29, 1.82) is 0 Å². The molecule has 5 rings (SSSR count). The zero-order valence-corrected chi connectivity index (χ0v) is 18.7. The highest BCUT2D eigenvalue weighted by Gasteiger charge is 2.43. The van der Waals surface area contributed by atoms with E-state index in [0.717, 1.165) is 16.0 Å². The third-order valence-corrected chi connectivity index (χ3v) is 6.55. The topological polar surface area (TPSA) is 59.8 Å². The van der Waals surface area contributed by atoms with Crippen molar-refractivity contribution in [3.05, 3.63) is 99.4 Å². The van der Waals surface area contributed by atoms with Crippen molar-refractivity contribution < 1.29 is 13.9 Å². The largest absolute Gasteiger partial charge is 0.497 e. The highest BCUT2D eigenvalue weighted by molar-refractivity contribution is 7.98. The van der Waals surface area contributed by atoms with Crippen LogP contribution in [-0.2, 0) is 0 Å². The Hall–Kier alpha value is -3.51. The van der Waals surface area contributed by atoms with Crippen molar-refractivity contribution in [2.24, 2.45) is 0 Å². The standard InChI is InChI=1S/C26H21NO4S/c1-15-4-13-21-20(14-15)24(28)22-23(16-5-11-19(32-3)12-6-16)27(26(29)25(22)31-21)17-7-9-18(30-2)10-8-17/h4-14,23H,1-3H3. The van der Waals surface area contributed by atoms with Crippen LogP contribution in [0.1, 0.15) is 33.3 Å². The van der Waals surface area contributed by atoms with E-state index in [1.54, 1.807) is 42.0 Å². The van der Waals surface area contributed by atoms with E-state index in [2.05, 4.69) is 0 Å². The van der Waals surface area contributed by atoms with Gasteiger partial charge in [-0.25, -0.2) is 0 Å². The number of hydrogen-bond acceptors (Lipinski definition) is 5. The SMILES string of the molecule is COc1ccc(N2C(=O)c3oc4ccc(C)cc4c(=O)c3C2c2ccc(SC)cc2)cc1. The molecule has 0 spiro atoms. The number of ether oxygens (including phenoxy) is 1. The first-order valence-corrected chi connectivity index (χ1v) is 11.4. The van der Waals surface area contributed by atoms with Gasteiger partial charge >= 0.3 is 0 Å². The summed E-state index contributed by atoms with van der Waals surface area (Å²) in [6.45, 7) is 1.93. The van der Waals surface area contributed by atoms with E-state index in [4.69, 9.17) is 9.15 Å². The fourth-order valence-electron chi connectivity index (χ4n) is 4.20. The summed E-state index contributed by atoms with van der Waals surface area (Å²) in [5, 5.41) is 0.485. The minimum atomic E-state index is -0.581. The van der Waals surface area contributed by atoms with Gasteiger partial charge in [-0.1, -0.05) is 23.8 Å². The highest BCUT2D eigenvalue weighted by Crippen LogP contribution is 2.41. The van der Waals surface area contributed by atoms with E-state index >= 15 is 0 Å². The summed E-state index contributed by atoms with van der Waals surface area (Å²) in [6.07, 6.45) is 2.01. The maximum Gasteiger partial charge on any atom is 0.295 e. The lowest BCUT2D eigenvalue weighted by molar-refractivity contribution is 0.0971. The van der Waals surface area contributed by atoms with Crippen molar-refractivity contribution in [3.8, 4) is 5.75 Å². The number of nitrogens with zero attached hydrogens (tertiary/aromatic N) is 1. The van der Waals surface area contributed by atoms with Crippen LogP contribution in [0.15, 0.2) is 80.8 Å². The molecule has 1 aliphatic heterocycles. The van der Waals surface area contributed by atoms with Gasteiger partial charge in [0.2, 0.25) is 5.76 Å². The number of benzene rings is 3. The van der Waals surface area contributed by atoms with Gasteiger partial charge in [0.25, 0.3) is 5.91 Å². The van der Waals surface area contributed by atoms with E-state index in [0.29, 0.717) is 28.0 Å². The summed E-state index contributed by atoms with van der Waals surface area (Å²) >= 11 is 1.64. The lowest BCUT2D eigenvalue weighted by atomic mass is 9.98. The maximum absolute atomic E-state index is 13.6. The van der Waals surface area contributed by atoms with Crippen LogP contribution in [0.2, 0.25) is 0 Å². The lowest BCUT2D eigenvalue weighted by Crippen LogP contribution is -2.29. The van der Waals surface area contributed by atoms with E-state index in [1.807, 2.05) is 61.7 Å². The van der Waals surface area contributed by atoms with Crippen LogP contribution in [0.25, 0.3) is 11.0 Å². The fourth-order valence-corrected chi connectivity index (χ4v) is 4.61. The Labute approximate surface area is 189 Å². The number of aryl methyl sites for hydroxylation is 1. The van der Waals surface area contributed by atoms with Crippen molar-refractivity contribution >= 4 is 34.3 Å². The Morgan fingerprint density at radius 3 is 2.34 bits per heavy atom. The monoisotopic (exact) mass is 443 g/mol. The Balaban J connectivity index is 1.77. The summed E-state index contributed by atoms with van der Waals surface area (Å²) in [6, 6.07) is 20.0. The summed E-state index contributed by atoms with van der Waals surface area (Å²) in [7, 11) is 1.60. The van der Waals surface area contributed by atoms with Crippen LogP contribution >= 0.6 is 11.8 Å². The average Bonchev–Trinajstić information content (AvgIpc) is 3.12. The predicted molar refractivity (Wildman–Crippen MR) is 127 cm³/mol. The van der Waals surface area contributed by atoms with Crippen LogP contribution in [0.4, 0.5) is 5.69 Å². The predicted octanol–water partition coefficient (Wildman–Crippen LogP) is 5.58. The summed E-state index contributed by atoms with van der Waals surface area (Å²) in [5.74, 6) is 0.457. The molecule has 0 N–H and O–H groups in total. The number of anilines is 1. The number of carbonyl (C=O) groups excluding carboxylic acids is 1. The van der Waals surface area contributed by atoms with E-state index < -0.39 is 6.04 Å². The lowest BCUT2D eigenvalue weighted by Gasteiger charge is -2.25. The molecule has 1 unspecified atom stereocenters. The van der Waals surface area contributed by atoms with Crippen LogP contribution in [0.3, 0.4) is 0 Å². The molecule has 0 saturated carbocycles. The molecule has 1 aromatic heterocycles. The average molecular weight is 444 g/mol. The maximum atomic E-state index is 13.6. The van der Waals surface area contributed by atoms with Crippen molar-refractivity contribution in [2.45, 2.75) is 17.9 Å². The molecule has 3 aromatic carbocycles. The second-order valence-corrected chi connectivity index (χ2v) is 8.60. The molecule has 1 atom stereocenters. The molecule has 0 aliphatic carbocycles. The number of carbonyl (C=O) groups is 1. The molecule has 1 amide bonds. The molecular formula is C26H21NO4S. The van der Waals surface area contributed by atoms with Gasteiger partial charge in [0.15, 0.2) is 5.43 Å². The minimum absolute atomic E-state index is 0.0983. The third-order valence-electron chi connectivity index (χ3n) is 5.81. The Morgan fingerprint density at radius 2 is 1.69 bits per heavy atom. The van der Waals surface area contributed by atoms with Gasteiger partial charge in [-0.3, -0.25) is 14.5 Å². The number of rotatable bonds is 4. The smallest absolute Gasteiger partial charge is 0.295 e. The number of thioether (sulfide) groups is 1. The van der Waals surface area contributed by atoms with Crippen LogP contribution in [-0.4, -0.2) is 19.3 Å². The molecule has 6 heteroatoms. The number of fused-ring (bicyclic) bond motifs is 2. The second kappa shape index (κ2) is 7.88. The van der Waals surface area contributed by atoms with Crippen LogP contribution < -0.4 is 15.1 Å². The molecule has 5 nitrogen and oxygen atoms in total. The molecule has 0 bridgehead atoms. The number of methoxy groups -OCH3 is 1. The van der Waals surface area contributed by atoms with Gasteiger partial charge in [-0.2, -0.15) is 0 Å². The molecule has 0 fully saturated rings. The van der Waals surface area contributed by atoms with Crippen LogP contribution in [0, 0.1) is 6.92 Å². The van der Waals surface area contributed by atoms with Crippen LogP contribution in [0.5, 0.6) is 5.75 Å². The molecular weight excluding hydrogens is 422 g/mol. The molecule has 1 aliphatic rings. The molecule has 32 heavy (non-hydrogen) atoms. The van der Waals surface area contributed by atoms with Gasteiger partial charge in [-0.05, 0) is 67.3 Å². The van der Waals surface area contributed by atoms with E-state index in [9.17, 15) is 9.59 Å². The summed E-state index contributed by atoms with van der Waals surface area (Å²) in [5.41, 5.74) is 3.10. The quantitative estimate of drug-likeness (QED) is 0.385. The van der Waals surface area contributed by atoms with Crippen molar-refractivity contribution in [1.82, 2.24) is 0 Å². The van der Waals surface area contributed by atoms with Crippen molar-refractivity contribution in [3.63, 3.8) is 0 Å². The van der Waals surface area contributed by atoms with Crippen molar-refractivity contribution in [2.75, 3.05) is 18.3 Å². The summed E-state index contributed by atoms with van der Waals surface area (Å²) in [4.78, 5) is 30.0. The van der Waals surface area contributed by atoms with Gasteiger partial charge in [0, 0.05) is 10.6 Å². The number of amides is 1. The number of hydrogen-bond donors (Lipinski definition) is 0. The second-order valence-electron chi connectivity index (χ2n) is 7.72. The van der Waals surface area contributed by atoms with Gasteiger partial charge < -0.3 is 9.15 Å². The minimum Gasteiger partial charge on any atom is -0.497 e. The third kappa shape index (κ3) is 3.19. The highest BCUT2D eigenvalue weighted by atomic mass is 32.2. The Morgan fingerprint density at radius 1 is 0.969 bits per heavy atom. The fraction of sp³-hybridized carbons (Fsp3) is 0.154. The van der Waals surface area contributed by atoms with E-state index in [1.165, 1.54) is 0 Å². The molecule has 0 radical (unpaired) electrons. The first-order chi connectivity index (χ1) is 15.5. The summed E-state index contributed by atoms with van der Waals surface area (Å²) < 4.78 is 11.3. The van der Waals surface area contributed by atoms with Gasteiger partial charge in [0.1, 0.15) is 11.3 Å². The Kier molecular flexibility index (Phi) is 5.02. The molecule has 0 saturated heterocycles. The first-order valence-electron chi connectivity index (χ1n) is 10.2. The molecule has 2 heterocycles. The van der Waals surface area contributed by atoms with E-state index in [-0.39, 0.29) is 17.1 Å².